The first-order valence-electron chi connectivity index (χ1n) is 6.01. The molecule has 1 saturated heterocycles. The fourth-order valence-corrected chi connectivity index (χ4v) is 2.05. The summed E-state index contributed by atoms with van der Waals surface area (Å²) in [5.41, 5.74) is 0.105. The lowest BCUT2D eigenvalue weighted by Crippen LogP contribution is -2.31. The molecule has 1 unspecified atom stereocenters. The van der Waals surface area contributed by atoms with E-state index in [1.807, 2.05) is 11.9 Å². The summed E-state index contributed by atoms with van der Waals surface area (Å²) >= 11 is 0. The molecule has 1 atom stereocenters. The Morgan fingerprint density at radius 2 is 2.28 bits per heavy atom. The Labute approximate surface area is 106 Å². The van der Waals surface area contributed by atoms with Crippen molar-refractivity contribution in [3.05, 3.63) is 18.0 Å². The Kier molecular flexibility index (Phi) is 4.09. The third-order valence-electron chi connectivity index (χ3n) is 3.01. The molecule has 6 nitrogen and oxygen atoms in total. The van der Waals surface area contributed by atoms with Crippen LogP contribution in [0.5, 0.6) is 0 Å². The number of rotatable bonds is 4. The van der Waals surface area contributed by atoms with Crippen LogP contribution >= 0.6 is 0 Å². The highest BCUT2D eigenvalue weighted by Crippen LogP contribution is 2.16. The van der Waals surface area contributed by atoms with Crippen molar-refractivity contribution >= 4 is 11.9 Å². The van der Waals surface area contributed by atoms with Gasteiger partial charge in [0.2, 0.25) is 5.95 Å². The van der Waals surface area contributed by atoms with E-state index in [-0.39, 0.29) is 5.56 Å². The summed E-state index contributed by atoms with van der Waals surface area (Å²) in [4.78, 5) is 20.7. The Hall–Kier alpha value is -1.69. The van der Waals surface area contributed by atoms with Crippen LogP contribution in [0.3, 0.4) is 0 Å². The molecule has 0 aromatic carbocycles. The number of carbonyl (C=O) groups is 1. The standard InChI is InChI=1S/C12H17N3O3/c1-15(7-9-3-2-4-18-8-9)12-13-5-10(6-14-12)11(16)17/h5-6,9H,2-4,7-8H2,1H3,(H,16,17). The normalized spacial score (nSPS) is 19.5. The first-order chi connectivity index (χ1) is 8.66. The van der Waals surface area contributed by atoms with Gasteiger partial charge in [0.15, 0.2) is 0 Å². The molecule has 1 N–H and O–H groups in total. The second kappa shape index (κ2) is 5.77. The van der Waals surface area contributed by atoms with Gasteiger partial charge in [-0.2, -0.15) is 0 Å². The first-order valence-corrected chi connectivity index (χ1v) is 6.01. The number of nitrogens with zero attached hydrogens (tertiary/aromatic N) is 3. The van der Waals surface area contributed by atoms with Crippen LogP contribution < -0.4 is 4.90 Å². The molecule has 0 aliphatic carbocycles. The van der Waals surface area contributed by atoms with E-state index in [2.05, 4.69) is 9.97 Å². The van der Waals surface area contributed by atoms with E-state index in [0.29, 0.717) is 11.9 Å². The smallest absolute Gasteiger partial charge is 0.338 e. The second-order valence-electron chi connectivity index (χ2n) is 4.54. The maximum Gasteiger partial charge on any atom is 0.338 e. The zero-order valence-electron chi connectivity index (χ0n) is 10.4. The molecule has 0 amide bonds. The Morgan fingerprint density at radius 3 is 2.83 bits per heavy atom. The molecule has 0 radical (unpaired) electrons. The SMILES string of the molecule is CN(CC1CCCOC1)c1ncc(C(=O)O)cn1. The average molecular weight is 251 g/mol. The highest BCUT2D eigenvalue weighted by molar-refractivity contribution is 5.86. The fourth-order valence-electron chi connectivity index (χ4n) is 2.05. The minimum absolute atomic E-state index is 0.105. The highest BCUT2D eigenvalue weighted by atomic mass is 16.5. The van der Waals surface area contributed by atoms with E-state index in [1.54, 1.807) is 0 Å². The van der Waals surface area contributed by atoms with Gasteiger partial charge in [0.05, 0.1) is 12.2 Å². The molecule has 18 heavy (non-hydrogen) atoms. The van der Waals surface area contributed by atoms with Gasteiger partial charge in [0, 0.05) is 32.6 Å². The molecule has 0 bridgehead atoms. The molecular weight excluding hydrogens is 234 g/mol. The van der Waals surface area contributed by atoms with Crippen molar-refractivity contribution < 1.29 is 14.6 Å². The van der Waals surface area contributed by atoms with Gasteiger partial charge in [-0.1, -0.05) is 0 Å². The molecule has 6 heteroatoms. The largest absolute Gasteiger partial charge is 0.478 e. The van der Waals surface area contributed by atoms with E-state index in [0.717, 1.165) is 32.6 Å². The van der Waals surface area contributed by atoms with E-state index >= 15 is 0 Å². The van der Waals surface area contributed by atoms with Crippen LogP contribution in [-0.2, 0) is 4.74 Å². The molecule has 1 aromatic rings. The molecule has 1 aromatic heterocycles. The summed E-state index contributed by atoms with van der Waals surface area (Å²) in [6.45, 7) is 2.45. The van der Waals surface area contributed by atoms with Gasteiger partial charge in [0.25, 0.3) is 0 Å². The lowest BCUT2D eigenvalue weighted by Gasteiger charge is -2.27. The Bertz CT molecular complexity index is 402. The van der Waals surface area contributed by atoms with Crippen LogP contribution in [0.25, 0.3) is 0 Å². The van der Waals surface area contributed by atoms with Crippen LogP contribution in [0.1, 0.15) is 23.2 Å². The monoisotopic (exact) mass is 251 g/mol. The third kappa shape index (κ3) is 3.16. The minimum Gasteiger partial charge on any atom is -0.478 e. The highest BCUT2D eigenvalue weighted by Gasteiger charge is 2.17. The van der Waals surface area contributed by atoms with Gasteiger partial charge < -0.3 is 14.7 Å². The number of hydrogen-bond donors (Lipinski definition) is 1. The molecule has 98 valence electrons. The predicted octanol–water partition coefficient (Wildman–Crippen LogP) is 1.04. The number of anilines is 1. The van der Waals surface area contributed by atoms with Crippen LogP contribution in [-0.4, -0.2) is 47.8 Å². The maximum absolute atomic E-state index is 10.7. The van der Waals surface area contributed by atoms with Gasteiger partial charge in [-0.15, -0.1) is 0 Å². The summed E-state index contributed by atoms with van der Waals surface area (Å²) in [7, 11) is 1.91. The Balaban J connectivity index is 1.95. The molecule has 1 fully saturated rings. The molecule has 1 aliphatic rings. The molecular formula is C12H17N3O3. The number of hydrogen-bond acceptors (Lipinski definition) is 5. The first kappa shape index (κ1) is 12.8. The zero-order chi connectivity index (χ0) is 13.0. The van der Waals surface area contributed by atoms with Crippen molar-refractivity contribution in [3.63, 3.8) is 0 Å². The maximum atomic E-state index is 10.7. The molecule has 2 heterocycles. The molecule has 0 saturated carbocycles. The van der Waals surface area contributed by atoms with Crippen LogP contribution in [0.4, 0.5) is 5.95 Å². The average Bonchev–Trinajstić information content (AvgIpc) is 2.40. The lowest BCUT2D eigenvalue weighted by atomic mass is 10.0. The summed E-state index contributed by atoms with van der Waals surface area (Å²) in [6, 6.07) is 0. The number of aromatic nitrogens is 2. The van der Waals surface area contributed by atoms with E-state index in [1.165, 1.54) is 12.4 Å². The number of aromatic carboxylic acids is 1. The summed E-state index contributed by atoms with van der Waals surface area (Å²) in [5.74, 6) is 0.0296. The van der Waals surface area contributed by atoms with E-state index in [4.69, 9.17) is 9.84 Å². The predicted molar refractivity (Wildman–Crippen MR) is 65.8 cm³/mol. The zero-order valence-corrected chi connectivity index (χ0v) is 10.4. The van der Waals surface area contributed by atoms with Gasteiger partial charge >= 0.3 is 5.97 Å². The van der Waals surface area contributed by atoms with Gasteiger partial charge in [-0.3, -0.25) is 0 Å². The summed E-state index contributed by atoms with van der Waals surface area (Å²) < 4.78 is 5.42. The minimum atomic E-state index is -1.01. The molecule has 0 spiro atoms. The van der Waals surface area contributed by atoms with Crippen molar-refractivity contribution in [2.24, 2.45) is 5.92 Å². The van der Waals surface area contributed by atoms with Crippen LogP contribution in [0.15, 0.2) is 12.4 Å². The van der Waals surface area contributed by atoms with Gasteiger partial charge in [-0.05, 0) is 18.8 Å². The summed E-state index contributed by atoms with van der Waals surface area (Å²) in [5, 5.41) is 8.77. The van der Waals surface area contributed by atoms with Crippen molar-refractivity contribution in [2.75, 3.05) is 31.7 Å². The number of ether oxygens (including phenoxy) is 1. The van der Waals surface area contributed by atoms with E-state index < -0.39 is 5.97 Å². The van der Waals surface area contributed by atoms with Crippen molar-refractivity contribution in [1.29, 1.82) is 0 Å². The Morgan fingerprint density at radius 1 is 1.56 bits per heavy atom. The number of carboxylic acid groups (broad SMARTS) is 1. The van der Waals surface area contributed by atoms with Crippen molar-refractivity contribution in [2.45, 2.75) is 12.8 Å². The van der Waals surface area contributed by atoms with Crippen molar-refractivity contribution in [3.8, 4) is 0 Å². The molecule has 1 aliphatic heterocycles. The van der Waals surface area contributed by atoms with Gasteiger partial charge in [-0.25, -0.2) is 14.8 Å². The molecule has 2 rings (SSSR count). The summed E-state index contributed by atoms with van der Waals surface area (Å²) in [6.07, 6.45) is 4.91. The van der Waals surface area contributed by atoms with Gasteiger partial charge in [0.1, 0.15) is 0 Å². The third-order valence-corrected chi connectivity index (χ3v) is 3.01. The lowest BCUT2D eigenvalue weighted by molar-refractivity contribution is 0.0575. The fraction of sp³-hybridized carbons (Fsp3) is 0.583. The van der Waals surface area contributed by atoms with E-state index in [9.17, 15) is 4.79 Å². The van der Waals surface area contributed by atoms with Crippen molar-refractivity contribution in [1.82, 2.24) is 9.97 Å². The quantitative estimate of drug-likeness (QED) is 0.861. The topological polar surface area (TPSA) is 75.5 Å². The number of carboxylic acids is 1. The second-order valence-corrected chi connectivity index (χ2v) is 4.54. The van der Waals surface area contributed by atoms with Crippen LogP contribution in [0.2, 0.25) is 0 Å². The van der Waals surface area contributed by atoms with Crippen LogP contribution in [0, 0.1) is 5.92 Å².